The maximum absolute atomic E-state index is 11.2. The van der Waals surface area contributed by atoms with Crippen LogP contribution in [0.1, 0.15) is 45.4 Å². The highest BCUT2D eigenvalue weighted by Crippen LogP contribution is 2.35. The molecular formula is C15H27NO3. The number of carbonyl (C=O) groups is 1. The molecule has 1 heterocycles. The summed E-state index contributed by atoms with van der Waals surface area (Å²) in [7, 11) is 0. The van der Waals surface area contributed by atoms with E-state index in [-0.39, 0.29) is 12.6 Å². The van der Waals surface area contributed by atoms with Crippen molar-refractivity contribution in [3.05, 3.63) is 0 Å². The third-order valence-electron chi connectivity index (χ3n) is 4.41. The molecular weight excluding hydrogens is 242 g/mol. The average Bonchev–Trinajstić information content (AvgIpc) is 3.05. The van der Waals surface area contributed by atoms with Crippen LogP contribution in [0.25, 0.3) is 0 Å². The summed E-state index contributed by atoms with van der Waals surface area (Å²) in [4.78, 5) is 13.7. The largest absolute Gasteiger partial charge is 0.464 e. The van der Waals surface area contributed by atoms with Crippen molar-refractivity contribution in [2.75, 3.05) is 32.9 Å². The zero-order chi connectivity index (χ0) is 13.5. The Kier molecular flexibility index (Phi) is 6.11. The normalized spacial score (nSPS) is 25.0. The Labute approximate surface area is 116 Å². The Bertz CT molecular complexity index is 277. The molecule has 0 aromatic heterocycles. The SMILES string of the molecule is CCOC(=O)COCCN1CCCC1C1CCCC1. The highest BCUT2D eigenvalue weighted by Gasteiger charge is 2.32. The zero-order valence-corrected chi connectivity index (χ0v) is 12.1. The first-order valence-corrected chi connectivity index (χ1v) is 7.78. The first kappa shape index (κ1) is 14.8. The van der Waals surface area contributed by atoms with Crippen molar-refractivity contribution in [3.63, 3.8) is 0 Å². The smallest absolute Gasteiger partial charge is 0.332 e. The van der Waals surface area contributed by atoms with Gasteiger partial charge < -0.3 is 9.47 Å². The minimum atomic E-state index is -0.253. The quantitative estimate of drug-likeness (QED) is 0.525. The lowest BCUT2D eigenvalue weighted by atomic mass is 9.96. The molecule has 2 rings (SSSR count). The van der Waals surface area contributed by atoms with E-state index in [1.807, 2.05) is 6.92 Å². The Balaban J connectivity index is 1.63. The van der Waals surface area contributed by atoms with Gasteiger partial charge in [0.05, 0.1) is 13.2 Å². The summed E-state index contributed by atoms with van der Waals surface area (Å²) in [6.07, 6.45) is 8.31. The fourth-order valence-electron chi connectivity index (χ4n) is 3.55. The van der Waals surface area contributed by atoms with E-state index in [1.165, 1.54) is 45.1 Å². The van der Waals surface area contributed by atoms with Crippen molar-refractivity contribution < 1.29 is 14.3 Å². The number of hydrogen-bond donors (Lipinski definition) is 0. The van der Waals surface area contributed by atoms with Crippen LogP contribution in [0.3, 0.4) is 0 Å². The van der Waals surface area contributed by atoms with Gasteiger partial charge in [-0.05, 0) is 45.1 Å². The van der Waals surface area contributed by atoms with E-state index in [0.717, 1.165) is 18.5 Å². The molecule has 0 amide bonds. The lowest BCUT2D eigenvalue weighted by molar-refractivity contribution is -0.148. The van der Waals surface area contributed by atoms with Crippen LogP contribution in [-0.2, 0) is 14.3 Å². The number of nitrogens with zero attached hydrogens (tertiary/aromatic N) is 1. The minimum Gasteiger partial charge on any atom is -0.464 e. The van der Waals surface area contributed by atoms with Gasteiger partial charge in [0.25, 0.3) is 0 Å². The summed E-state index contributed by atoms with van der Waals surface area (Å²) in [5.74, 6) is 0.656. The third kappa shape index (κ3) is 4.46. The van der Waals surface area contributed by atoms with Gasteiger partial charge in [-0.2, -0.15) is 0 Å². The second-order valence-electron chi connectivity index (χ2n) is 5.65. The third-order valence-corrected chi connectivity index (χ3v) is 4.41. The summed E-state index contributed by atoms with van der Waals surface area (Å²) >= 11 is 0. The van der Waals surface area contributed by atoms with Crippen LogP contribution in [0.2, 0.25) is 0 Å². The van der Waals surface area contributed by atoms with Gasteiger partial charge in [0.2, 0.25) is 0 Å². The molecule has 0 radical (unpaired) electrons. The number of esters is 1. The van der Waals surface area contributed by atoms with Gasteiger partial charge in [0.15, 0.2) is 0 Å². The van der Waals surface area contributed by atoms with Crippen molar-refractivity contribution in [1.82, 2.24) is 4.90 Å². The topological polar surface area (TPSA) is 38.8 Å². The van der Waals surface area contributed by atoms with Crippen LogP contribution < -0.4 is 0 Å². The lowest BCUT2D eigenvalue weighted by Gasteiger charge is -2.29. The summed E-state index contributed by atoms with van der Waals surface area (Å²) in [6.45, 7) is 5.13. The van der Waals surface area contributed by atoms with Crippen LogP contribution in [0.15, 0.2) is 0 Å². The number of rotatable bonds is 7. The Hall–Kier alpha value is -0.610. The summed E-state index contributed by atoms with van der Waals surface area (Å²) in [6, 6.07) is 0.772. The number of carbonyl (C=O) groups excluding carboxylic acids is 1. The van der Waals surface area contributed by atoms with Gasteiger partial charge in [0, 0.05) is 12.6 Å². The first-order chi connectivity index (χ1) is 9.31. The van der Waals surface area contributed by atoms with Crippen LogP contribution in [0.5, 0.6) is 0 Å². The van der Waals surface area contributed by atoms with Crippen molar-refractivity contribution in [1.29, 1.82) is 0 Å². The van der Waals surface area contributed by atoms with E-state index in [0.29, 0.717) is 13.2 Å². The Morgan fingerprint density at radius 1 is 1.21 bits per heavy atom. The van der Waals surface area contributed by atoms with Gasteiger partial charge in [-0.25, -0.2) is 4.79 Å². The molecule has 110 valence electrons. The average molecular weight is 269 g/mol. The van der Waals surface area contributed by atoms with Gasteiger partial charge >= 0.3 is 5.97 Å². The van der Waals surface area contributed by atoms with Crippen molar-refractivity contribution >= 4 is 5.97 Å². The molecule has 1 saturated carbocycles. The van der Waals surface area contributed by atoms with Crippen LogP contribution >= 0.6 is 0 Å². The molecule has 0 N–H and O–H groups in total. The van der Waals surface area contributed by atoms with Crippen molar-refractivity contribution in [2.45, 2.75) is 51.5 Å². The standard InChI is InChI=1S/C15H27NO3/c1-2-19-15(17)12-18-11-10-16-9-5-8-14(16)13-6-3-4-7-13/h13-14H,2-12H2,1H3. The fraction of sp³-hybridized carbons (Fsp3) is 0.933. The molecule has 0 spiro atoms. The zero-order valence-electron chi connectivity index (χ0n) is 12.1. The van der Waals surface area contributed by atoms with Crippen LogP contribution in [0.4, 0.5) is 0 Å². The predicted octanol–water partition coefficient (Wildman–Crippen LogP) is 2.22. The summed E-state index contributed by atoms with van der Waals surface area (Å²) < 4.78 is 10.2. The van der Waals surface area contributed by atoms with Gasteiger partial charge in [-0.1, -0.05) is 12.8 Å². The van der Waals surface area contributed by atoms with Crippen LogP contribution in [0, 0.1) is 5.92 Å². The molecule has 0 bridgehead atoms. The number of likely N-dealkylation sites (tertiary alicyclic amines) is 1. The number of ether oxygens (including phenoxy) is 2. The molecule has 1 atom stereocenters. The summed E-state index contributed by atoms with van der Waals surface area (Å²) in [5.41, 5.74) is 0. The monoisotopic (exact) mass is 269 g/mol. The van der Waals surface area contributed by atoms with Gasteiger partial charge in [0.1, 0.15) is 6.61 Å². The molecule has 2 fully saturated rings. The molecule has 1 aliphatic carbocycles. The minimum absolute atomic E-state index is 0.0930. The van der Waals surface area contributed by atoms with E-state index in [4.69, 9.17) is 9.47 Å². The van der Waals surface area contributed by atoms with Gasteiger partial charge in [-0.15, -0.1) is 0 Å². The second-order valence-corrected chi connectivity index (χ2v) is 5.65. The Morgan fingerprint density at radius 2 is 2.00 bits per heavy atom. The molecule has 1 aliphatic heterocycles. The molecule has 0 aromatic carbocycles. The molecule has 4 nitrogen and oxygen atoms in total. The fourth-order valence-corrected chi connectivity index (χ4v) is 3.55. The van der Waals surface area contributed by atoms with Crippen molar-refractivity contribution in [3.8, 4) is 0 Å². The number of hydrogen-bond acceptors (Lipinski definition) is 4. The van der Waals surface area contributed by atoms with E-state index >= 15 is 0 Å². The molecule has 1 unspecified atom stereocenters. The molecule has 0 aromatic rings. The van der Waals surface area contributed by atoms with Gasteiger partial charge in [-0.3, -0.25) is 4.90 Å². The maximum Gasteiger partial charge on any atom is 0.332 e. The van der Waals surface area contributed by atoms with Crippen molar-refractivity contribution in [2.24, 2.45) is 5.92 Å². The first-order valence-electron chi connectivity index (χ1n) is 7.78. The molecule has 1 saturated heterocycles. The predicted molar refractivity (Wildman–Crippen MR) is 74.0 cm³/mol. The molecule has 19 heavy (non-hydrogen) atoms. The van der Waals surface area contributed by atoms with E-state index in [2.05, 4.69) is 4.90 Å². The maximum atomic E-state index is 11.2. The highest BCUT2D eigenvalue weighted by molar-refractivity contribution is 5.70. The summed E-state index contributed by atoms with van der Waals surface area (Å²) in [5, 5.41) is 0. The van der Waals surface area contributed by atoms with Crippen LogP contribution in [-0.4, -0.2) is 49.8 Å². The Morgan fingerprint density at radius 3 is 2.74 bits per heavy atom. The van der Waals surface area contributed by atoms with E-state index < -0.39 is 0 Å². The van der Waals surface area contributed by atoms with E-state index in [1.54, 1.807) is 0 Å². The molecule has 4 heteroatoms. The molecule has 2 aliphatic rings. The highest BCUT2D eigenvalue weighted by atomic mass is 16.6. The van der Waals surface area contributed by atoms with E-state index in [9.17, 15) is 4.79 Å². The lowest BCUT2D eigenvalue weighted by Crippen LogP contribution is -2.37. The second kappa shape index (κ2) is 7.85.